The molecule has 0 aliphatic heterocycles. The summed E-state index contributed by atoms with van der Waals surface area (Å²) in [4.78, 5) is 157. The van der Waals surface area contributed by atoms with Crippen LogP contribution in [0.4, 0.5) is 43.4 Å². The van der Waals surface area contributed by atoms with Crippen LogP contribution >= 0.6 is 34.8 Å². The molecule has 0 bridgehead atoms. The Hall–Kier alpha value is -11.6. The monoisotopic (exact) mass is 1720 g/mol. The van der Waals surface area contributed by atoms with Crippen LogP contribution in [0.1, 0.15) is 173 Å². The first-order valence-electron chi connectivity index (χ1n) is 38.4. The summed E-state index contributed by atoms with van der Waals surface area (Å²) in [5.74, 6) is -10.7. The van der Waals surface area contributed by atoms with Gasteiger partial charge >= 0.3 is 5.97 Å². The average Bonchev–Trinajstić information content (AvgIpc) is 0.818. The van der Waals surface area contributed by atoms with Gasteiger partial charge < -0.3 is 53.4 Å². The van der Waals surface area contributed by atoms with Gasteiger partial charge in [-0.15, -0.1) is 0 Å². The van der Waals surface area contributed by atoms with Crippen LogP contribution in [-0.4, -0.2) is 139 Å². The minimum atomic E-state index is -0.859. The summed E-state index contributed by atoms with van der Waals surface area (Å²) < 4.78 is 83.7. The number of hydrogen-bond acceptors (Lipinski definition) is 18. The third-order valence-corrected chi connectivity index (χ3v) is 21.3. The van der Waals surface area contributed by atoms with Crippen LogP contribution in [0.15, 0.2) is 159 Å². The number of nitrogens with two attached hydrogens (primary N) is 4. The van der Waals surface area contributed by atoms with Gasteiger partial charge in [0.25, 0.3) is 17.7 Å². The number of hydrogen-bond donors (Lipinski definition) is 7. The zero-order chi connectivity index (χ0) is 88.5. The van der Waals surface area contributed by atoms with Crippen molar-refractivity contribution in [2.75, 3.05) is 36.0 Å². The van der Waals surface area contributed by atoms with E-state index >= 15 is 0 Å². The third kappa shape index (κ3) is 27.7. The molecule has 6 aromatic rings. The van der Waals surface area contributed by atoms with Gasteiger partial charge in [0.1, 0.15) is 46.5 Å². The molecule has 3 fully saturated rings. The first-order valence-corrected chi connectivity index (χ1v) is 39.5. The van der Waals surface area contributed by atoms with Gasteiger partial charge in [0, 0.05) is 105 Å². The number of carbonyl (C=O) groups excluding carboxylic acids is 10. The quantitative estimate of drug-likeness (QED) is 0.00754. The lowest BCUT2D eigenvalue weighted by atomic mass is 9.84. The number of aliphatic carboxylic acids is 1. The number of carbonyl (C=O) groups is 11. The van der Waals surface area contributed by atoms with Gasteiger partial charge in [-0.2, -0.15) is 0 Å². The Morgan fingerprint density at radius 3 is 0.908 bits per heavy atom. The van der Waals surface area contributed by atoms with Gasteiger partial charge in [-0.3, -0.25) is 67.7 Å². The van der Waals surface area contributed by atoms with E-state index in [1.807, 2.05) is 0 Å². The number of Topliss-reactive ketones (excluding diaryl/α,β-unsaturated/α-hetero) is 5. The van der Waals surface area contributed by atoms with Crippen LogP contribution in [-0.2, 0) is 58.0 Å². The first-order chi connectivity index (χ1) is 56.8. The molecule has 6 aromatic carbocycles. The summed E-state index contributed by atoms with van der Waals surface area (Å²) in [6.45, 7) is 8.00. The third-order valence-electron chi connectivity index (χ3n) is 20.4. The molecule has 638 valence electrons. The van der Waals surface area contributed by atoms with Crippen LogP contribution in [0.25, 0.3) is 0 Å². The van der Waals surface area contributed by atoms with Crippen LogP contribution in [0.3, 0.4) is 0 Å². The van der Waals surface area contributed by atoms with Crippen molar-refractivity contribution in [2.24, 2.45) is 49.9 Å². The normalized spacial score (nSPS) is 17.8. The van der Waals surface area contributed by atoms with E-state index in [2.05, 4.69) is 25.6 Å². The molecule has 33 heteroatoms. The van der Waals surface area contributed by atoms with Gasteiger partial charge in [0.05, 0.1) is 104 Å². The molecule has 0 atom stereocenters. The fourth-order valence-corrected chi connectivity index (χ4v) is 15.3. The number of nitrogens with one attached hydrogen (secondary N) is 2. The Morgan fingerprint density at radius 1 is 0.400 bits per heavy atom. The number of anilines is 3. The largest absolute Gasteiger partial charge is 0.481 e. The number of nitrogens with zero attached hydrogens (tertiary/aromatic N) is 6. The number of ketones is 5. The van der Waals surface area contributed by atoms with E-state index in [9.17, 15) is 84.2 Å². The average molecular weight is 1720 g/mol. The Bertz CT molecular complexity index is 4780. The van der Waals surface area contributed by atoms with Crippen LogP contribution < -0.4 is 33.6 Å². The molecule has 24 nitrogen and oxygen atoms in total. The maximum absolute atomic E-state index is 14.0. The van der Waals surface area contributed by atoms with Crippen LogP contribution in [0.5, 0.6) is 0 Å². The smallest absolute Gasteiger partial charge is 0.306 e. The highest BCUT2D eigenvalue weighted by molar-refractivity contribution is 6.36. The van der Waals surface area contributed by atoms with Crippen LogP contribution in [0.2, 0.25) is 15.1 Å². The number of aliphatic imine (C=N–C) groups is 3. The molecule has 0 aromatic heterocycles. The van der Waals surface area contributed by atoms with Crippen molar-refractivity contribution >= 4 is 133 Å². The second-order valence-electron chi connectivity index (χ2n) is 29.4. The summed E-state index contributed by atoms with van der Waals surface area (Å²) >= 11 is 18.8. The Labute approximate surface area is 705 Å². The summed E-state index contributed by atoms with van der Waals surface area (Å²) in [7, 11) is 0. The van der Waals surface area contributed by atoms with Gasteiger partial charge in [0.15, 0.2) is 17.3 Å². The van der Waals surface area contributed by atoms with Crippen molar-refractivity contribution in [3.05, 3.63) is 228 Å². The summed E-state index contributed by atoms with van der Waals surface area (Å²) in [6.07, 6.45) is 10.8. The highest BCUT2D eigenvalue weighted by Gasteiger charge is 2.34. The number of halogens is 9. The number of rotatable bonds is 29. The van der Waals surface area contributed by atoms with Gasteiger partial charge in [-0.1, -0.05) is 53.0 Å². The number of nitrogen functional groups attached to an aromatic ring is 1. The minimum Gasteiger partial charge on any atom is -0.481 e. The fraction of sp³-hybridized carbons (Fsp3) is 0.356. The van der Waals surface area contributed by atoms with Gasteiger partial charge in [-0.05, 0) is 201 Å². The number of carboxylic acid groups (broad SMARTS) is 1. The highest BCUT2D eigenvalue weighted by Crippen LogP contribution is 2.34. The van der Waals surface area contributed by atoms with Crippen molar-refractivity contribution in [1.29, 1.82) is 0 Å². The van der Waals surface area contributed by atoms with E-state index in [0.29, 0.717) is 93.8 Å². The summed E-state index contributed by atoms with van der Waals surface area (Å²) in [6, 6.07) is 21.7. The van der Waals surface area contributed by atoms with Gasteiger partial charge in [-0.25, -0.2) is 26.3 Å². The molecule has 0 spiro atoms. The van der Waals surface area contributed by atoms with Crippen LogP contribution in [0, 0.1) is 52.7 Å². The van der Waals surface area contributed by atoms with Gasteiger partial charge in [0.2, 0.25) is 11.8 Å². The zero-order valence-electron chi connectivity index (χ0n) is 67.1. The molecule has 3 saturated carbocycles. The molecule has 11 N–H and O–H groups in total. The molecule has 120 heavy (non-hydrogen) atoms. The number of carboxylic acids is 1. The molecule has 5 amide bonds. The van der Waals surface area contributed by atoms with Crippen molar-refractivity contribution in [3.63, 3.8) is 0 Å². The molecule has 3 aliphatic carbocycles. The molecular formula is C87H95Cl3F6N12O12. The van der Waals surface area contributed by atoms with Crippen molar-refractivity contribution in [1.82, 2.24) is 14.7 Å². The fourth-order valence-electron chi connectivity index (χ4n) is 14.4. The zero-order valence-corrected chi connectivity index (χ0v) is 69.4. The Kier molecular flexibility index (Phi) is 35.8. The molecular weight excluding hydrogens is 1630 g/mol. The molecule has 0 heterocycles. The topological polar surface area (TPSA) is 383 Å². The van der Waals surface area contributed by atoms with E-state index in [1.165, 1.54) is 50.2 Å². The molecule has 3 aliphatic rings. The summed E-state index contributed by atoms with van der Waals surface area (Å²) in [5, 5.41) is 14.5. The second-order valence-corrected chi connectivity index (χ2v) is 30.7. The lowest BCUT2D eigenvalue weighted by molar-refractivity contribution is -0.143. The lowest BCUT2D eigenvalue weighted by Gasteiger charge is -2.26. The van der Waals surface area contributed by atoms with Crippen molar-refractivity contribution in [3.8, 4) is 0 Å². The Morgan fingerprint density at radius 2 is 0.658 bits per heavy atom. The maximum atomic E-state index is 14.0. The van der Waals surface area contributed by atoms with E-state index in [4.69, 9.17) is 57.7 Å². The van der Waals surface area contributed by atoms with E-state index in [0.717, 1.165) is 82.5 Å². The number of benzene rings is 6. The SMILES string of the molecule is CC(=O)C1CCC(N=C(C)C(=CN)C(=O)N(CC(=O)c2c(N)cccc2Cl)Cc2cc(F)cc(F)c2)CC1.CC(=O)Nc1cccc(Cl)c1C(=O)CN(Cc1cc(F)cc(F)c1)C(=O)C(=CN)C(C)=NC1CCC(C(=O)O)CC1.CC(=O)Nc1cccc(Cl)c1C(=O)CN(Cc1cc(F)cc(F)c1)C(=O)C(=CN)C(C)=NC1CCC(C(C)=O)CC1. The van der Waals surface area contributed by atoms with E-state index < -0.39 is 113 Å². The standard InChI is InChI=1S/C30H33ClF2N4O4.C29H31ClF2N4O5.C28H31ClF2N4O3/c1-17(35-24-9-7-21(8-10-24)18(2)38)25(14-34)30(41)37(15-20-11-22(32)13-23(33)12-20)16-28(40)29-26(31)5-4-6-27(29)36-19(3)39;1-16(34-22-8-6-19(7-9-22)29(40)41)23(13-33)28(39)36(14-18-10-20(31)12-21(32)11-18)15-26(38)27-24(30)4-3-5-25(27)35-17(2)37;1-16(34-22-8-6-19(7-9-22)17(2)36)23(13-32)28(38)35(14-18-10-20(30)12-21(31)11-18)15-26(37)27-24(29)4-3-5-25(27)33/h4-6,11-14,21,24H,7-10,15-16,34H2,1-3H3,(H,36,39);3-5,10-13,19,22H,6-9,14-15,33H2,1-2H3,(H,35,37)(H,40,41);3-5,10-13,19,22H,6-9,14-15,32-33H2,1-2H3. The molecule has 0 unspecified atom stereocenters. The summed E-state index contributed by atoms with van der Waals surface area (Å²) in [5.41, 5.74) is 25.3. The second kappa shape index (κ2) is 45.0. The van der Waals surface area contributed by atoms with E-state index in [1.54, 1.807) is 52.8 Å². The molecule has 9 rings (SSSR count). The predicted octanol–water partition coefficient (Wildman–Crippen LogP) is 14.8. The van der Waals surface area contributed by atoms with E-state index in [-0.39, 0.29) is 149 Å². The highest BCUT2D eigenvalue weighted by atomic mass is 35.5. The minimum absolute atomic E-state index is 0.00766. The number of amides is 5. The maximum Gasteiger partial charge on any atom is 0.306 e. The predicted molar refractivity (Wildman–Crippen MR) is 448 cm³/mol. The lowest BCUT2D eigenvalue weighted by Crippen LogP contribution is -2.38. The Balaban J connectivity index is 0.000000248. The van der Waals surface area contributed by atoms with Crippen molar-refractivity contribution in [2.45, 2.75) is 163 Å². The molecule has 0 radical (unpaired) electrons. The first kappa shape index (κ1) is 95.5. The van der Waals surface area contributed by atoms with Crippen molar-refractivity contribution < 1.29 is 84.2 Å². The molecule has 0 saturated heterocycles.